The van der Waals surface area contributed by atoms with Crippen molar-refractivity contribution in [1.82, 2.24) is 24.8 Å². The molecule has 8 nitrogen and oxygen atoms in total. The van der Waals surface area contributed by atoms with Gasteiger partial charge < -0.3 is 18.7 Å². The molecule has 4 aromatic heterocycles. The van der Waals surface area contributed by atoms with Gasteiger partial charge in [-0.15, -0.1) is 0 Å². The van der Waals surface area contributed by atoms with Crippen LogP contribution in [-0.4, -0.2) is 37.3 Å². The molecule has 0 spiro atoms. The summed E-state index contributed by atoms with van der Waals surface area (Å²) in [6.07, 6.45) is -1.88. The van der Waals surface area contributed by atoms with E-state index in [1.54, 1.807) is 18.2 Å². The lowest BCUT2D eigenvalue weighted by molar-refractivity contribution is -0.141. The van der Waals surface area contributed by atoms with Gasteiger partial charge in [0.15, 0.2) is 5.69 Å². The molecule has 0 aliphatic carbocycles. The number of hydrogen-bond donors (Lipinski definition) is 1. The molecule has 0 bridgehead atoms. The van der Waals surface area contributed by atoms with Crippen molar-refractivity contribution in [1.29, 1.82) is 0 Å². The molecular weight excluding hydrogens is 482 g/mol. The molecule has 1 aliphatic heterocycles. The summed E-state index contributed by atoms with van der Waals surface area (Å²) in [6, 6.07) is 9.24. The number of oxazole rings is 1. The number of amides is 1. The number of H-pyrrole nitrogens is 1. The number of halogens is 4. The van der Waals surface area contributed by atoms with E-state index in [1.165, 1.54) is 36.8 Å². The second-order valence-electron chi connectivity index (χ2n) is 8.13. The maximum atomic E-state index is 14.4. The van der Waals surface area contributed by atoms with Gasteiger partial charge in [-0.25, -0.2) is 14.4 Å². The number of carbonyl (C=O) groups is 1. The summed E-state index contributed by atoms with van der Waals surface area (Å²) in [5, 5.41) is 0.177. The van der Waals surface area contributed by atoms with Crippen molar-refractivity contribution < 1.29 is 31.2 Å². The molecule has 0 saturated carbocycles. The van der Waals surface area contributed by atoms with Crippen molar-refractivity contribution in [2.24, 2.45) is 0 Å². The molecule has 1 atom stereocenters. The average molecular weight is 497 g/mol. The lowest BCUT2D eigenvalue weighted by atomic mass is 9.99. The zero-order chi connectivity index (χ0) is 25.0. The van der Waals surface area contributed by atoms with Crippen LogP contribution in [0.3, 0.4) is 0 Å². The van der Waals surface area contributed by atoms with Crippen LogP contribution in [0.1, 0.15) is 39.4 Å². The van der Waals surface area contributed by atoms with E-state index in [1.807, 2.05) is 0 Å². The van der Waals surface area contributed by atoms with Crippen LogP contribution in [0, 0.1) is 5.82 Å². The number of pyridine rings is 1. The molecule has 1 aliphatic rings. The quantitative estimate of drug-likeness (QED) is 0.346. The highest BCUT2D eigenvalue weighted by atomic mass is 19.4. The van der Waals surface area contributed by atoms with Gasteiger partial charge in [0.25, 0.3) is 5.91 Å². The number of hydrogen-bond acceptors (Lipinski definition) is 6. The van der Waals surface area contributed by atoms with Gasteiger partial charge in [-0.05, 0) is 30.3 Å². The van der Waals surface area contributed by atoms with Crippen molar-refractivity contribution in [3.8, 4) is 11.6 Å². The van der Waals surface area contributed by atoms with E-state index in [-0.39, 0.29) is 29.0 Å². The molecule has 0 unspecified atom stereocenters. The second-order valence-corrected chi connectivity index (χ2v) is 8.13. The monoisotopic (exact) mass is 497 g/mol. The van der Waals surface area contributed by atoms with E-state index in [0.717, 1.165) is 4.90 Å². The summed E-state index contributed by atoms with van der Waals surface area (Å²) in [4.78, 5) is 29.6. The van der Waals surface area contributed by atoms with E-state index >= 15 is 0 Å². The fourth-order valence-corrected chi connectivity index (χ4v) is 4.35. The molecule has 5 aromatic rings. The van der Waals surface area contributed by atoms with Gasteiger partial charge >= 0.3 is 6.18 Å². The predicted molar refractivity (Wildman–Crippen MR) is 116 cm³/mol. The Morgan fingerprint density at radius 3 is 2.72 bits per heavy atom. The molecule has 0 fully saturated rings. The number of benzene rings is 1. The fourth-order valence-electron chi connectivity index (χ4n) is 4.35. The third kappa shape index (κ3) is 3.53. The summed E-state index contributed by atoms with van der Waals surface area (Å²) in [5.41, 5.74) is -0.122. The third-order valence-corrected chi connectivity index (χ3v) is 5.96. The third-order valence-electron chi connectivity index (χ3n) is 5.96. The van der Waals surface area contributed by atoms with Gasteiger partial charge in [0, 0.05) is 24.9 Å². The number of furan rings is 1. The van der Waals surface area contributed by atoms with Gasteiger partial charge in [0.2, 0.25) is 11.7 Å². The van der Waals surface area contributed by atoms with Crippen LogP contribution >= 0.6 is 0 Å². The maximum absolute atomic E-state index is 14.4. The van der Waals surface area contributed by atoms with Crippen molar-refractivity contribution in [3.63, 3.8) is 0 Å². The number of imidazole rings is 1. The summed E-state index contributed by atoms with van der Waals surface area (Å²) in [6.45, 7) is 0.0230. The van der Waals surface area contributed by atoms with Gasteiger partial charge in [-0.3, -0.25) is 9.78 Å². The Morgan fingerprint density at radius 1 is 1.11 bits per heavy atom. The zero-order valence-corrected chi connectivity index (χ0v) is 18.2. The summed E-state index contributed by atoms with van der Waals surface area (Å²) >= 11 is 0. The minimum atomic E-state index is -4.97. The molecule has 1 aromatic carbocycles. The minimum absolute atomic E-state index is 0.0230. The first-order valence-corrected chi connectivity index (χ1v) is 10.8. The fraction of sp³-hybridized carbons (Fsp3) is 0.167. The maximum Gasteiger partial charge on any atom is 0.437 e. The Morgan fingerprint density at radius 2 is 1.97 bits per heavy atom. The number of alkyl halides is 3. The average Bonchev–Trinajstić information content (AvgIpc) is 3.61. The van der Waals surface area contributed by atoms with Crippen LogP contribution < -0.4 is 0 Å². The normalized spacial score (nSPS) is 15.9. The van der Waals surface area contributed by atoms with Crippen molar-refractivity contribution in [2.75, 3.05) is 6.54 Å². The predicted octanol–water partition coefficient (Wildman–Crippen LogP) is 5.15. The topological polar surface area (TPSA) is 101 Å². The van der Waals surface area contributed by atoms with Crippen molar-refractivity contribution in [3.05, 3.63) is 89.4 Å². The molecule has 5 heterocycles. The first-order chi connectivity index (χ1) is 17.3. The smallest absolute Gasteiger partial charge is 0.437 e. The van der Waals surface area contributed by atoms with E-state index in [4.69, 9.17) is 8.83 Å². The van der Waals surface area contributed by atoms with Gasteiger partial charge in [0.1, 0.15) is 28.9 Å². The molecule has 0 saturated heterocycles. The number of aromatic nitrogens is 4. The van der Waals surface area contributed by atoms with Gasteiger partial charge in [-0.1, -0.05) is 12.1 Å². The summed E-state index contributed by atoms with van der Waals surface area (Å²) < 4.78 is 67.3. The number of nitrogens with zero attached hydrogens (tertiary/aromatic N) is 4. The highest BCUT2D eigenvalue weighted by molar-refractivity contribution is 5.94. The highest BCUT2D eigenvalue weighted by Gasteiger charge is 2.45. The van der Waals surface area contributed by atoms with Crippen LogP contribution in [0.2, 0.25) is 0 Å². The molecule has 6 rings (SSSR count). The summed E-state index contributed by atoms with van der Waals surface area (Å²) in [5.74, 6) is -2.86. The number of aromatic amines is 1. The van der Waals surface area contributed by atoms with Crippen LogP contribution in [-0.2, 0) is 12.6 Å². The Kier molecular flexibility index (Phi) is 4.92. The molecule has 182 valence electrons. The molecule has 1 amide bonds. The SMILES string of the molecule is O=C(c1oc(-c2ccccn2)nc1C(F)(F)F)N1CCc2[nH]cnc2[C@H]1c1cc2c(F)cccc2o1. The number of rotatable bonds is 3. The molecule has 12 heteroatoms. The highest BCUT2D eigenvalue weighted by Crippen LogP contribution is 2.40. The van der Waals surface area contributed by atoms with Crippen LogP contribution in [0.15, 0.2) is 63.8 Å². The largest absolute Gasteiger partial charge is 0.458 e. The molecule has 1 N–H and O–H groups in total. The van der Waals surface area contributed by atoms with E-state index in [0.29, 0.717) is 17.8 Å². The minimum Gasteiger partial charge on any atom is -0.458 e. The number of nitrogens with one attached hydrogen (secondary N) is 1. The van der Waals surface area contributed by atoms with E-state index in [9.17, 15) is 22.4 Å². The standard InChI is InChI=1S/C24H15F4N5O3/c25-13-4-3-6-16-12(13)10-17(35-16)19-18-14(30-11-31-18)7-9-33(19)23(34)20-21(24(26,27)28)32-22(36-20)15-5-1-2-8-29-15/h1-6,8,10-11,19H,7,9H2,(H,30,31)/t19-/m1/s1. The first kappa shape index (κ1) is 22.0. The summed E-state index contributed by atoms with van der Waals surface area (Å²) in [7, 11) is 0. The Balaban J connectivity index is 1.48. The lowest BCUT2D eigenvalue weighted by Gasteiger charge is -2.33. The molecule has 36 heavy (non-hydrogen) atoms. The zero-order valence-electron chi connectivity index (χ0n) is 18.2. The Bertz CT molecular complexity index is 1590. The number of carbonyl (C=O) groups excluding carboxylic acids is 1. The first-order valence-electron chi connectivity index (χ1n) is 10.8. The van der Waals surface area contributed by atoms with Crippen LogP contribution in [0.5, 0.6) is 0 Å². The molecule has 0 radical (unpaired) electrons. The lowest BCUT2D eigenvalue weighted by Crippen LogP contribution is -2.41. The van der Waals surface area contributed by atoms with E-state index < -0.39 is 41.3 Å². The van der Waals surface area contributed by atoms with Crippen molar-refractivity contribution in [2.45, 2.75) is 18.6 Å². The van der Waals surface area contributed by atoms with Gasteiger partial charge in [-0.2, -0.15) is 13.2 Å². The van der Waals surface area contributed by atoms with Crippen LogP contribution in [0.4, 0.5) is 17.6 Å². The van der Waals surface area contributed by atoms with Crippen molar-refractivity contribution >= 4 is 16.9 Å². The Hall–Kier alpha value is -4.48. The van der Waals surface area contributed by atoms with Crippen LogP contribution in [0.25, 0.3) is 22.6 Å². The molecular formula is C24H15F4N5O3. The van der Waals surface area contributed by atoms with E-state index in [2.05, 4.69) is 19.9 Å². The number of fused-ring (bicyclic) bond motifs is 2. The second kappa shape index (κ2) is 8.04. The Labute approximate surface area is 199 Å². The van der Waals surface area contributed by atoms with Gasteiger partial charge in [0.05, 0.1) is 17.4 Å².